The Morgan fingerprint density at radius 2 is 2.04 bits per heavy atom. The zero-order valence-corrected chi connectivity index (χ0v) is 16.9. The van der Waals surface area contributed by atoms with Crippen LogP contribution in [0.2, 0.25) is 0 Å². The Morgan fingerprint density at radius 1 is 1.32 bits per heavy atom. The van der Waals surface area contributed by atoms with Crippen molar-refractivity contribution in [3.05, 3.63) is 45.5 Å². The Hall–Kier alpha value is -3.18. The lowest BCUT2D eigenvalue weighted by Gasteiger charge is -2.28. The van der Waals surface area contributed by atoms with Crippen LogP contribution in [0.3, 0.4) is 0 Å². The van der Waals surface area contributed by atoms with E-state index in [2.05, 4.69) is 11.4 Å². The van der Waals surface area contributed by atoms with Gasteiger partial charge in [0.05, 0.1) is 32.1 Å². The number of rotatable bonds is 5. The number of nitrogen functional groups attached to an aromatic ring is 1. The molecular formula is C20H21N3O4S. The van der Waals surface area contributed by atoms with Crippen LogP contribution >= 0.6 is 11.3 Å². The molecule has 2 aromatic rings. The van der Waals surface area contributed by atoms with Gasteiger partial charge < -0.3 is 25.3 Å². The van der Waals surface area contributed by atoms with E-state index in [-0.39, 0.29) is 6.61 Å². The molecule has 0 saturated heterocycles. The first kappa shape index (κ1) is 19.6. The minimum absolute atomic E-state index is 0.254. The van der Waals surface area contributed by atoms with Crippen LogP contribution in [0.1, 0.15) is 35.8 Å². The lowest BCUT2D eigenvalue weighted by atomic mass is 9.81. The number of hydrogen-bond acceptors (Lipinski definition) is 8. The first-order valence-electron chi connectivity index (χ1n) is 8.65. The van der Waals surface area contributed by atoms with Gasteiger partial charge >= 0.3 is 5.97 Å². The maximum Gasteiger partial charge on any atom is 0.336 e. The van der Waals surface area contributed by atoms with Crippen LogP contribution in [-0.2, 0) is 9.53 Å². The molecule has 1 atom stereocenters. The molecular weight excluding hydrogens is 378 g/mol. The summed E-state index contributed by atoms with van der Waals surface area (Å²) in [6, 6.07) is 7.57. The van der Waals surface area contributed by atoms with Gasteiger partial charge in [-0.2, -0.15) is 5.26 Å². The van der Waals surface area contributed by atoms with Crippen LogP contribution in [0.25, 0.3) is 0 Å². The van der Waals surface area contributed by atoms with E-state index in [0.717, 1.165) is 10.6 Å². The summed E-state index contributed by atoms with van der Waals surface area (Å²) in [6.45, 7) is 3.82. The maximum atomic E-state index is 12.8. The van der Waals surface area contributed by atoms with Gasteiger partial charge in [-0.15, -0.1) is 11.3 Å². The van der Waals surface area contributed by atoms with E-state index in [1.807, 2.05) is 19.1 Å². The van der Waals surface area contributed by atoms with Crippen LogP contribution in [0.15, 0.2) is 29.5 Å². The van der Waals surface area contributed by atoms with Crippen molar-refractivity contribution in [2.75, 3.05) is 31.9 Å². The minimum atomic E-state index is -0.492. The molecule has 0 spiro atoms. The second-order valence-electron chi connectivity index (χ2n) is 6.13. The number of nitrogens with one attached hydrogen (secondary N) is 1. The number of fused-ring (bicyclic) bond motifs is 1. The Labute approximate surface area is 167 Å². The number of ether oxygens (including phenoxy) is 3. The van der Waals surface area contributed by atoms with Gasteiger partial charge in [-0.05, 0) is 31.5 Å². The summed E-state index contributed by atoms with van der Waals surface area (Å²) in [5.74, 6) is 0.195. The Bertz CT molecular complexity index is 1000. The predicted octanol–water partition coefficient (Wildman–Crippen LogP) is 3.61. The molecule has 0 saturated carbocycles. The molecule has 0 aliphatic carbocycles. The third-order valence-corrected chi connectivity index (χ3v) is 5.65. The Morgan fingerprint density at radius 3 is 2.64 bits per heavy atom. The molecule has 8 heteroatoms. The molecule has 3 N–H and O–H groups in total. The van der Waals surface area contributed by atoms with Crippen molar-refractivity contribution in [1.82, 2.24) is 0 Å². The zero-order chi connectivity index (χ0) is 20.4. The van der Waals surface area contributed by atoms with E-state index in [1.54, 1.807) is 27.2 Å². The second kappa shape index (κ2) is 7.82. The monoisotopic (exact) mass is 399 g/mol. The lowest BCUT2D eigenvalue weighted by Crippen LogP contribution is -2.24. The fourth-order valence-electron chi connectivity index (χ4n) is 3.36. The summed E-state index contributed by atoms with van der Waals surface area (Å²) in [4.78, 5) is 13.2. The van der Waals surface area contributed by atoms with E-state index in [4.69, 9.17) is 19.9 Å². The number of anilines is 2. The van der Waals surface area contributed by atoms with Gasteiger partial charge in [-0.1, -0.05) is 6.07 Å². The fraction of sp³-hybridized carbons (Fsp3) is 0.300. The van der Waals surface area contributed by atoms with E-state index in [1.165, 1.54) is 11.3 Å². The van der Waals surface area contributed by atoms with Crippen molar-refractivity contribution in [1.29, 1.82) is 5.26 Å². The Kier molecular flexibility index (Phi) is 5.47. The largest absolute Gasteiger partial charge is 0.493 e. The first-order chi connectivity index (χ1) is 13.5. The molecule has 1 aliphatic heterocycles. The van der Waals surface area contributed by atoms with Gasteiger partial charge in [0, 0.05) is 17.2 Å². The molecule has 2 heterocycles. The number of benzene rings is 1. The number of hydrogen-bond donors (Lipinski definition) is 2. The van der Waals surface area contributed by atoms with Crippen LogP contribution in [0.4, 0.5) is 10.7 Å². The number of carbonyl (C=O) groups is 1. The summed E-state index contributed by atoms with van der Waals surface area (Å²) >= 11 is 1.27. The summed E-state index contributed by atoms with van der Waals surface area (Å²) in [6.07, 6.45) is 0. The smallest absolute Gasteiger partial charge is 0.336 e. The molecule has 28 heavy (non-hydrogen) atoms. The molecule has 7 nitrogen and oxygen atoms in total. The van der Waals surface area contributed by atoms with E-state index < -0.39 is 11.9 Å². The SMILES string of the molecule is CCOC(=O)C1=C(C)Nc2sc(C#N)c(N)c2C1c1ccc(OC)c(OC)c1. The third kappa shape index (κ3) is 3.14. The highest BCUT2D eigenvalue weighted by atomic mass is 32.1. The fourth-order valence-corrected chi connectivity index (χ4v) is 4.37. The molecule has 1 aliphatic rings. The maximum absolute atomic E-state index is 12.8. The third-order valence-electron chi connectivity index (χ3n) is 4.60. The first-order valence-corrected chi connectivity index (χ1v) is 9.47. The number of carbonyl (C=O) groups excluding carboxylic acids is 1. The molecule has 0 amide bonds. The molecule has 3 rings (SSSR count). The van der Waals surface area contributed by atoms with Crippen molar-refractivity contribution in [2.24, 2.45) is 0 Å². The second-order valence-corrected chi connectivity index (χ2v) is 7.15. The number of nitrogens with zero attached hydrogens (tertiary/aromatic N) is 1. The number of nitriles is 1. The number of nitrogens with two attached hydrogens (primary N) is 1. The van der Waals surface area contributed by atoms with Gasteiger partial charge in [-0.25, -0.2) is 4.79 Å². The quantitative estimate of drug-likeness (QED) is 0.740. The van der Waals surface area contributed by atoms with Crippen molar-refractivity contribution in [3.63, 3.8) is 0 Å². The predicted molar refractivity (Wildman–Crippen MR) is 108 cm³/mol. The topological polar surface area (TPSA) is 107 Å². The average molecular weight is 399 g/mol. The van der Waals surface area contributed by atoms with Gasteiger partial charge in [0.1, 0.15) is 15.9 Å². The molecule has 1 unspecified atom stereocenters. The lowest BCUT2D eigenvalue weighted by molar-refractivity contribution is -0.138. The van der Waals surface area contributed by atoms with Crippen molar-refractivity contribution >= 4 is 28.0 Å². The standard InChI is InChI=1S/C20H21N3O4S/c1-5-27-20(24)15-10(2)23-19-17(18(22)14(9-21)28-19)16(15)11-6-7-12(25-3)13(8-11)26-4/h6-8,16,23H,5,22H2,1-4H3. The molecule has 146 valence electrons. The van der Waals surface area contributed by atoms with Gasteiger partial charge in [0.25, 0.3) is 0 Å². The van der Waals surface area contributed by atoms with Crippen molar-refractivity contribution in [2.45, 2.75) is 19.8 Å². The summed E-state index contributed by atoms with van der Waals surface area (Å²) in [5.41, 5.74) is 9.26. The summed E-state index contributed by atoms with van der Waals surface area (Å²) in [7, 11) is 3.11. The molecule has 1 aromatic heterocycles. The average Bonchev–Trinajstić information content (AvgIpc) is 3.01. The van der Waals surface area contributed by atoms with Crippen molar-refractivity contribution in [3.8, 4) is 17.6 Å². The minimum Gasteiger partial charge on any atom is -0.493 e. The van der Waals surface area contributed by atoms with Crippen LogP contribution in [0, 0.1) is 11.3 Å². The van der Waals surface area contributed by atoms with Gasteiger partial charge in [0.15, 0.2) is 11.5 Å². The summed E-state index contributed by atoms with van der Waals surface area (Å²) < 4.78 is 16.0. The van der Waals surface area contributed by atoms with Crippen LogP contribution < -0.4 is 20.5 Å². The highest BCUT2D eigenvalue weighted by molar-refractivity contribution is 7.17. The van der Waals surface area contributed by atoms with E-state index in [0.29, 0.717) is 38.9 Å². The number of thiophene rings is 1. The van der Waals surface area contributed by atoms with Gasteiger partial charge in [-0.3, -0.25) is 0 Å². The van der Waals surface area contributed by atoms with Crippen LogP contribution in [-0.4, -0.2) is 26.8 Å². The summed E-state index contributed by atoms with van der Waals surface area (Å²) in [5, 5.41) is 13.4. The van der Waals surface area contributed by atoms with Crippen molar-refractivity contribution < 1.29 is 19.0 Å². The zero-order valence-electron chi connectivity index (χ0n) is 16.1. The van der Waals surface area contributed by atoms with E-state index >= 15 is 0 Å². The molecule has 0 fully saturated rings. The molecule has 0 bridgehead atoms. The molecule has 0 radical (unpaired) electrons. The van der Waals surface area contributed by atoms with Crippen LogP contribution in [0.5, 0.6) is 11.5 Å². The number of allylic oxidation sites excluding steroid dienone is 1. The molecule has 1 aromatic carbocycles. The Balaban J connectivity index is 2.26. The van der Waals surface area contributed by atoms with E-state index in [9.17, 15) is 10.1 Å². The number of esters is 1. The highest BCUT2D eigenvalue weighted by Gasteiger charge is 2.37. The normalized spacial score (nSPS) is 15.3. The highest BCUT2D eigenvalue weighted by Crippen LogP contribution is 2.50. The number of methoxy groups -OCH3 is 2. The van der Waals surface area contributed by atoms with Gasteiger partial charge in [0.2, 0.25) is 0 Å².